The molecule has 25 heavy (non-hydrogen) atoms. The third-order valence-electron chi connectivity index (χ3n) is 4.62. The maximum Gasteiger partial charge on any atom is 0.305 e. The highest BCUT2D eigenvalue weighted by atomic mass is 16.5. The second kappa shape index (κ2) is 10.9. The number of carbonyl (C=O) groups is 1. The SMILES string of the molecule is COC(=O)CCC/C=C\CC1=CCC[C@H]1COCc1cccc(C)c1. The Kier molecular flexibility index (Phi) is 8.47. The van der Waals surface area contributed by atoms with E-state index in [-0.39, 0.29) is 5.97 Å². The molecule has 1 aromatic carbocycles. The number of rotatable bonds is 10. The Bertz CT molecular complexity index is 601. The van der Waals surface area contributed by atoms with Gasteiger partial charge in [-0.05, 0) is 44.6 Å². The van der Waals surface area contributed by atoms with E-state index in [1.165, 1.54) is 30.2 Å². The van der Waals surface area contributed by atoms with Crippen LogP contribution in [0.15, 0.2) is 48.1 Å². The molecule has 0 unspecified atom stereocenters. The van der Waals surface area contributed by atoms with Crippen LogP contribution in [0.3, 0.4) is 0 Å². The van der Waals surface area contributed by atoms with E-state index >= 15 is 0 Å². The minimum Gasteiger partial charge on any atom is -0.469 e. The van der Waals surface area contributed by atoms with Gasteiger partial charge in [-0.2, -0.15) is 0 Å². The fourth-order valence-electron chi connectivity index (χ4n) is 3.19. The molecule has 0 spiro atoms. The van der Waals surface area contributed by atoms with Crippen LogP contribution >= 0.6 is 0 Å². The lowest BCUT2D eigenvalue weighted by atomic mass is 9.99. The van der Waals surface area contributed by atoms with Crippen LogP contribution in [0, 0.1) is 12.8 Å². The van der Waals surface area contributed by atoms with Crippen LogP contribution in [-0.4, -0.2) is 19.7 Å². The molecule has 0 aromatic heterocycles. The fourth-order valence-corrected chi connectivity index (χ4v) is 3.19. The van der Waals surface area contributed by atoms with Crippen molar-refractivity contribution < 1.29 is 14.3 Å². The first-order valence-electron chi connectivity index (χ1n) is 9.23. The average molecular weight is 342 g/mol. The number of aryl methyl sites for hydroxylation is 1. The number of esters is 1. The second-order valence-electron chi connectivity index (χ2n) is 6.70. The van der Waals surface area contributed by atoms with Gasteiger partial charge in [0.15, 0.2) is 0 Å². The monoisotopic (exact) mass is 342 g/mol. The van der Waals surface area contributed by atoms with E-state index in [1.807, 2.05) is 0 Å². The van der Waals surface area contributed by atoms with Crippen LogP contribution in [0.4, 0.5) is 0 Å². The standard InChI is InChI=1S/C22H30O3/c1-18-9-7-10-19(15-18)16-25-17-21-13-8-12-20(21)11-5-3-4-6-14-22(23)24-2/h3,5,7,9-10,12,15,21H,4,6,8,11,13-14,16-17H2,1-2H3/b5-3-/t21-/m0/s1. The lowest BCUT2D eigenvalue weighted by Gasteiger charge is -2.14. The van der Waals surface area contributed by atoms with Gasteiger partial charge in [0.25, 0.3) is 0 Å². The molecule has 0 N–H and O–H groups in total. The molecule has 0 amide bonds. The highest BCUT2D eigenvalue weighted by Gasteiger charge is 2.18. The number of unbranched alkanes of at least 4 members (excludes halogenated alkanes) is 1. The molecule has 1 aromatic rings. The van der Waals surface area contributed by atoms with E-state index in [4.69, 9.17) is 4.74 Å². The minimum absolute atomic E-state index is 0.127. The molecule has 0 radical (unpaired) electrons. The van der Waals surface area contributed by atoms with E-state index in [0.29, 0.717) is 18.9 Å². The summed E-state index contributed by atoms with van der Waals surface area (Å²) >= 11 is 0. The van der Waals surface area contributed by atoms with Crippen molar-refractivity contribution in [3.63, 3.8) is 0 Å². The lowest BCUT2D eigenvalue weighted by molar-refractivity contribution is -0.140. The maximum atomic E-state index is 11.0. The largest absolute Gasteiger partial charge is 0.469 e. The molecule has 1 aliphatic carbocycles. The Hall–Kier alpha value is -1.87. The van der Waals surface area contributed by atoms with E-state index in [9.17, 15) is 4.79 Å². The number of allylic oxidation sites excluding steroid dienone is 3. The van der Waals surface area contributed by atoms with Crippen molar-refractivity contribution in [3.05, 3.63) is 59.2 Å². The predicted octanol–water partition coefficient (Wildman–Crippen LogP) is 5.14. The Morgan fingerprint density at radius 1 is 1.32 bits per heavy atom. The number of hydrogen-bond donors (Lipinski definition) is 0. The predicted molar refractivity (Wildman–Crippen MR) is 101 cm³/mol. The van der Waals surface area contributed by atoms with Gasteiger partial charge >= 0.3 is 5.97 Å². The first kappa shape index (κ1) is 19.5. The molecule has 136 valence electrons. The summed E-state index contributed by atoms with van der Waals surface area (Å²) in [6, 6.07) is 8.50. The summed E-state index contributed by atoms with van der Waals surface area (Å²) in [5.74, 6) is 0.419. The smallest absolute Gasteiger partial charge is 0.305 e. The van der Waals surface area contributed by atoms with Crippen molar-refractivity contribution >= 4 is 5.97 Å². The first-order valence-corrected chi connectivity index (χ1v) is 9.23. The Labute approximate surface area is 151 Å². The molecule has 0 saturated carbocycles. The van der Waals surface area contributed by atoms with Crippen molar-refractivity contribution in [2.45, 2.75) is 52.1 Å². The average Bonchev–Trinajstić information content (AvgIpc) is 3.05. The van der Waals surface area contributed by atoms with E-state index in [2.05, 4.69) is 54.2 Å². The van der Waals surface area contributed by atoms with Gasteiger partial charge in [0.1, 0.15) is 0 Å². The number of benzene rings is 1. The topological polar surface area (TPSA) is 35.5 Å². The Morgan fingerprint density at radius 2 is 2.20 bits per heavy atom. The van der Waals surface area contributed by atoms with Crippen LogP contribution < -0.4 is 0 Å². The maximum absolute atomic E-state index is 11.0. The zero-order valence-electron chi connectivity index (χ0n) is 15.5. The molecule has 1 aliphatic rings. The van der Waals surface area contributed by atoms with Crippen molar-refractivity contribution in [3.8, 4) is 0 Å². The van der Waals surface area contributed by atoms with Crippen LogP contribution in [0.1, 0.15) is 49.7 Å². The van der Waals surface area contributed by atoms with Gasteiger partial charge in [-0.3, -0.25) is 4.79 Å². The summed E-state index contributed by atoms with van der Waals surface area (Å²) in [6.07, 6.45) is 12.4. The molecule has 3 heteroatoms. The van der Waals surface area contributed by atoms with Gasteiger partial charge in [-0.1, -0.05) is 53.6 Å². The third kappa shape index (κ3) is 7.27. The van der Waals surface area contributed by atoms with Crippen LogP contribution in [0.2, 0.25) is 0 Å². The molecule has 0 fully saturated rings. The fraction of sp³-hybridized carbons (Fsp3) is 0.500. The third-order valence-corrected chi connectivity index (χ3v) is 4.62. The zero-order chi connectivity index (χ0) is 17.9. The first-order chi connectivity index (χ1) is 12.2. The molecule has 3 nitrogen and oxygen atoms in total. The number of ether oxygens (including phenoxy) is 2. The number of methoxy groups -OCH3 is 1. The van der Waals surface area contributed by atoms with Gasteiger partial charge < -0.3 is 9.47 Å². The lowest BCUT2D eigenvalue weighted by Crippen LogP contribution is -2.09. The Balaban J connectivity index is 1.65. The quantitative estimate of drug-likeness (QED) is 0.336. The van der Waals surface area contributed by atoms with Gasteiger partial charge in [0, 0.05) is 12.3 Å². The van der Waals surface area contributed by atoms with Crippen LogP contribution in [0.25, 0.3) is 0 Å². The van der Waals surface area contributed by atoms with Gasteiger partial charge in [0.05, 0.1) is 20.3 Å². The summed E-state index contributed by atoms with van der Waals surface area (Å²) in [5, 5.41) is 0. The van der Waals surface area contributed by atoms with Gasteiger partial charge in [-0.15, -0.1) is 0 Å². The van der Waals surface area contributed by atoms with Crippen molar-refractivity contribution in [2.75, 3.05) is 13.7 Å². The molecule has 0 heterocycles. The van der Waals surface area contributed by atoms with Crippen molar-refractivity contribution in [1.29, 1.82) is 0 Å². The number of carbonyl (C=O) groups excluding carboxylic acids is 1. The number of hydrogen-bond acceptors (Lipinski definition) is 3. The molecule has 0 saturated heterocycles. The highest BCUT2D eigenvalue weighted by Crippen LogP contribution is 2.29. The summed E-state index contributed by atoms with van der Waals surface area (Å²) in [5.41, 5.74) is 4.02. The highest BCUT2D eigenvalue weighted by molar-refractivity contribution is 5.69. The van der Waals surface area contributed by atoms with Crippen molar-refractivity contribution in [2.24, 2.45) is 5.92 Å². The summed E-state index contributed by atoms with van der Waals surface area (Å²) < 4.78 is 10.6. The summed E-state index contributed by atoms with van der Waals surface area (Å²) in [7, 11) is 1.44. The molecular formula is C22H30O3. The minimum atomic E-state index is -0.127. The molecule has 1 atom stereocenters. The summed E-state index contributed by atoms with van der Waals surface area (Å²) in [4.78, 5) is 11.0. The second-order valence-corrected chi connectivity index (χ2v) is 6.70. The van der Waals surface area contributed by atoms with Crippen molar-refractivity contribution in [1.82, 2.24) is 0 Å². The normalized spacial score (nSPS) is 17.0. The van der Waals surface area contributed by atoms with Gasteiger partial charge in [0.2, 0.25) is 0 Å². The van der Waals surface area contributed by atoms with Gasteiger partial charge in [-0.25, -0.2) is 0 Å². The molecule has 0 aliphatic heterocycles. The van der Waals surface area contributed by atoms with E-state index in [1.54, 1.807) is 0 Å². The Morgan fingerprint density at radius 3 is 3.00 bits per heavy atom. The molecule has 2 rings (SSSR count). The zero-order valence-corrected chi connectivity index (χ0v) is 15.5. The van der Waals surface area contributed by atoms with E-state index in [0.717, 1.165) is 32.3 Å². The molecular weight excluding hydrogens is 312 g/mol. The van der Waals surface area contributed by atoms with Crippen LogP contribution in [-0.2, 0) is 20.9 Å². The summed E-state index contributed by atoms with van der Waals surface area (Å²) in [6.45, 7) is 3.60. The van der Waals surface area contributed by atoms with E-state index < -0.39 is 0 Å². The molecule has 0 bridgehead atoms. The van der Waals surface area contributed by atoms with Crippen LogP contribution in [0.5, 0.6) is 0 Å².